The minimum atomic E-state index is 0.212. The summed E-state index contributed by atoms with van der Waals surface area (Å²) in [5, 5.41) is 1.13. The molecule has 0 saturated carbocycles. The molecule has 140 valence electrons. The molecule has 0 unspecified atom stereocenters. The molecule has 0 spiro atoms. The topological polar surface area (TPSA) is 36.4 Å². The Kier molecular flexibility index (Phi) is 3.57. The van der Waals surface area contributed by atoms with E-state index in [9.17, 15) is 4.79 Å². The number of hydrogen-bond acceptors (Lipinski definition) is 3. The van der Waals surface area contributed by atoms with E-state index >= 15 is 0 Å². The molecule has 28 heavy (non-hydrogen) atoms. The lowest BCUT2D eigenvalue weighted by Gasteiger charge is -2.48. The number of pyridine rings is 1. The molecule has 3 aromatic rings. The van der Waals surface area contributed by atoms with Gasteiger partial charge in [0.2, 0.25) is 0 Å². The Morgan fingerprint density at radius 2 is 1.82 bits per heavy atom. The maximum absolute atomic E-state index is 13.3. The van der Waals surface area contributed by atoms with Crippen molar-refractivity contribution < 1.29 is 4.79 Å². The Labute approximate surface area is 164 Å². The molecule has 2 bridgehead atoms. The molecule has 3 fully saturated rings. The largest absolute Gasteiger partial charge is 0.330 e. The number of piperidine rings is 3. The van der Waals surface area contributed by atoms with Gasteiger partial charge in [-0.2, -0.15) is 0 Å². The number of aromatic nitrogens is 1. The van der Waals surface area contributed by atoms with Gasteiger partial charge in [0.05, 0.1) is 5.52 Å². The Morgan fingerprint density at radius 1 is 0.964 bits per heavy atom. The lowest BCUT2D eigenvalue weighted by molar-refractivity contribution is 0.00846. The summed E-state index contributed by atoms with van der Waals surface area (Å²) in [7, 11) is 0. The average molecular weight is 369 g/mol. The fraction of sp³-hybridized carbons (Fsp3) is 0.333. The smallest absolute Gasteiger partial charge is 0.254 e. The van der Waals surface area contributed by atoms with Crippen molar-refractivity contribution >= 4 is 16.8 Å². The maximum Gasteiger partial charge on any atom is 0.254 e. The van der Waals surface area contributed by atoms with E-state index in [1.54, 1.807) is 0 Å². The minimum absolute atomic E-state index is 0.212. The zero-order valence-electron chi connectivity index (χ0n) is 15.8. The predicted molar refractivity (Wildman–Crippen MR) is 110 cm³/mol. The summed E-state index contributed by atoms with van der Waals surface area (Å²) in [5.41, 5.74) is 5.20. The molecule has 4 heteroatoms. The Morgan fingerprint density at radius 3 is 2.64 bits per heavy atom. The van der Waals surface area contributed by atoms with Gasteiger partial charge in [-0.1, -0.05) is 36.4 Å². The first-order chi connectivity index (χ1) is 13.8. The van der Waals surface area contributed by atoms with Crippen molar-refractivity contribution in [3.05, 3.63) is 65.9 Å². The first-order valence-electron chi connectivity index (χ1n) is 10.3. The van der Waals surface area contributed by atoms with Gasteiger partial charge < -0.3 is 9.80 Å². The molecular formula is C24H23N3O. The number of rotatable bonds is 2. The van der Waals surface area contributed by atoms with Crippen LogP contribution in [0.1, 0.15) is 28.8 Å². The lowest BCUT2D eigenvalue weighted by atomic mass is 9.83. The van der Waals surface area contributed by atoms with E-state index in [4.69, 9.17) is 0 Å². The van der Waals surface area contributed by atoms with Gasteiger partial charge in [-0.15, -0.1) is 0 Å². The Balaban J connectivity index is 1.37. The van der Waals surface area contributed by atoms with Gasteiger partial charge in [0.1, 0.15) is 0 Å². The summed E-state index contributed by atoms with van der Waals surface area (Å²) < 4.78 is 0. The summed E-state index contributed by atoms with van der Waals surface area (Å²) >= 11 is 0. The van der Waals surface area contributed by atoms with Crippen LogP contribution in [0.25, 0.3) is 22.0 Å². The molecule has 2 aromatic carbocycles. The number of nitrogens with zero attached hydrogens (tertiary/aromatic N) is 3. The van der Waals surface area contributed by atoms with Crippen molar-refractivity contribution in [3.8, 4) is 11.1 Å². The third-order valence-electron chi connectivity index (χ3n) is 6.91. The quantitative estimate of drug-likeness (QED) is 0.686. The minimum Gasteiger partial charge on any atom is -0.330 e. The van der Waals surface area contributed by atoms with E-state index in [0.29, 0.717) is 12.0 Å². The number of amides is 1. The van der Waals surface area contributed by atoms with Crippen LogP contribution in [0, 0.1) is 5.92 Å². The zero-order valence-corrected chi connectivity index (χ0v) is 15.8. The fourth-order valence-electron chi connectivity index (χ4n) is 5.38. The van der Waals surface area contributed by atoms with Crippen LogP contribution in [-0.2, 0) is 6.54 Å². The number of fused-ring (bicyclic) bond motifs is 5. The SMILES string of the molecule is O=C1c2cc(-c3cccc4cccnc34)ccc2CN1[C@H]1CN2CCC1CC2. The van der Waals surface area contributed by atoms with Crippen molar-refractivity contribution in [1.29, 1.82) is 0 Å². The lowest BCUT2D eigenvalue weighted by Crippen LogP contribution is -2.57. The molecule has 0 aliphatic carbocycles. The van der Waals surface area contributed by atoms with E-state index < -0.39 is 0 Å². The van der Waals surface area contributed by atoms with Gasteiger partial charge in [0.25, 0.3) is 5.91 Å². The van der Waals surface area contributed by atoms with E-state index in [1.165, 1.54) is 31.5 Å². The average Bonchev–Trinajstić information content (AvgIpc) is 3.10. The molecule has 1 aromatic heterocycles. The van der Waals surface area contributed by atoms with E-state index in [0.717, 1.165) is 40.7 Å². The third kappa shape index (κ3) is 2.41. The van der Waals surface area contributed by atoms with Gasteiger partial charge in [-0.25, -0.2) is 0 Å². The summed E-state index contributed by atoms with van der Waals surface area (Å²) in [6.45, 7) is 4.21. The first kappa shape index (κ1) is 16.3. The number of benzene rings is 2. The van der Waals surface area contributed by atoms with Crippen LogP contribution in [0.2, 0.25) is 0 Å². The second kappa shape index (κ2) is 6.14. The van der Waals surface area contributed by atoms with Gasteiger partial charge in [0.15, 0.2) is 0 Å². The van der Waals surface area contributed by atoms with Crippen LogP contribution in [0.3, 0.4) is 0 Å². The van der Waals surface area contributed by atoms with Crippen LogP contribution < -0.4 is 0 Å². The van der Waals surface area contributed by atoms with Crippen molar-refractivity contribution in [3.63, 3.8) is 0 Å². The van der Waals surface area contributed by atoms with Gasteiger partial charge in [0, 0.05) is 41.8 Å². The predicted octanol–water partition coefficient (Wildman–Crippen LogP) is 3.95. The van der Waals surface area contributed by atoms with Gasteiger partial charge >= 0.3 is 0 Å². The molecule has 1 atom stereocenters. The number of carbonyl (C=O) groups excluding carboxylic acids is 1. The van der Waals surface area contributed by atoms with Crippen molar-refractivity contribution in [2.75, 3.05) is 19.6 Å². The van der Waals surface area contributed by atoms with E-state index in [-0.39, 0.29) is 5.91 Å². The summed E-state index contributed by atoms with van der Waals surface area (Å²) in [6, 6.07) is 17.0. The van der Waals surface area contributed by atoms with Gasteiger partial charge in [-0.05, 0) is 55.1 Å². The molecule has 0 N–H and O–H groups in total. The molecular weight excluding hydrogens is 346 g/mol. The van der Waals surface area contributed by atoms with Crippen LogP contribution in [0.15, 0.2) is 54.7 Å². The molecule has 1 amide bonds. The van der Waals surface area contributed by atoms with Crippen molar-refractivity contribution in [1.82, 2.24) is 14.8 Å². The number of hydrogen-bond donors (Lipinski definition) is 0. The summed E-state index contributed by atoms with van der Waals surface area (Å²) in [6.07, 6.45) is 4.30. The zero-order chi connectivity index (χ0) is 18.7. The van der Waals surface area contributed by atoms with Crippen LogP contribution >= 0.6 is 0 Å². The second-order valence-corrected chi connectivity index (χ2v) is 8.39. The van der Waals surface area contributed by atoms with Gasteiger partial charge in [-0.3, -0.25) is 9.78 Å². The number of carbonyl (C=O) groups is 1. The second-order valence-electron chi connectivity index (χ2n) is 8.39. The highest BCUT2D eigenvalue weighted by molar-refractivity contribution is 6.01. The summed E-state index contributed by atoms with van der Waals surface area (Å²) in [4.78, 5) is 22.6. The normalized spacial score (nSPS) is 26.1. The molecule has 3 saturated heterocycles. The highest BCUT2D eigenvalue weighted by Gasteiger charge is 2.42. The fourth-order valence-corrected chi connectivity index (χ4v) is 5.38. The maximum atomic E-state index is 13.3. The Hall–Kier alpha value is -2.72. The molecule has 5 heterocycles. The molecule has 7 rings (SSSR count). The van der Waals surface area contributed by atoms with Crippen LogP contribution in [-0.4, -0.2) is 46.4 Å². The monoisotopic (exact) mass is 369 g/mol. The first-order valence-corrected chi connectivity index (χ1v) is 10.3. The standard InChI is InChI=1S/C24H23N3O/c28-24-21-13-18(20-5-1-3-17-4-2-10-25-23(17)20)6-7-19(21)14-27(24)22-15-26-11-8-16(22)9-12-26/h1-7,10,13,16,22H,8-9,11-12,14-15H2/t22-/m0/s1. The van der Waals surface area contributed by atoms with E-state index in [1.807, 2.05) is 12.3 Å². The number of para-hydroxylation sites is 1. The molecule has 0 radical (unpaired) electrons. The Bertz CT molecular complexity index is 1080. The molecule has 4 aliphatic heterocycles. The van der Waals surface area contributed by atoms with E-state index in [2.05, 4.69) is 57.2 Å². The van der Waals surface area contributed by atoms with Crippen molar-refractivity contribution in [2.24, 2.45) is 5.92 Å². The summed E-state index contributed by atoms with van der Waals surface area (Å²) in [5.74, 6) is 0.883. The van der Waals surface area contributed by atoms with Crippen LogP contribution in [0.5, 0.6) is 0 Å². The highest BCUT2D eigenvalue weighted by Crippen LogP contribution is 2.37. The molecule has 4 aliphatic rings. The third-order valence-corrected chi connectivity index (χ3v) is 6.91. The molecule has 4 nitrogen and oxygen atoms in total. The van der Waals surface area contributed by atoms with Crippen molar-refractivity contribution in [2.45, 2.75) is 25.4 Å². The van der Waals surface area contributed by atoms with Crippen LogP contribution in [0.4, 0.5) is 0 Å². The highest BCUT2D eigenvalue weighted by atomic mass is 16.2.